The highest BCUT2D eigenvalue weighted by Crippen LogP contribution is 2.32. The summed E-state index contributed by atoms with van der Waals surface area (Å²) in [6.07, 6.45) is 1.20. The van der Waals surface area contributed by atoms with Gasteiger partial charge in [-0.05, 0) is 30.3 Å². The standard InChI is InChI=1S/C18H12Cl3N3O3/c19-11-6-7-15(27-12-4-2-1-3-5-12)14(8-11)23-16(25)10-24-18(26)17(21)13(20)9-22-24/h1-9H,10H2,(H,23,25). The molecule has 0 saturated carbocycles. The van der Waals surface area contributed by atoms with Gasteiger partial charge in [-0.15, -0.1) is 0 Å². The third-order valence-electron chi connectivity index (χ3n) is 3.42. The zero-order chi connectivity index (χ0) is 19.4. The number of para-hydroxylation sites is 1. The van der Waals surface area contributed by atoms with Crippen LogP contribution in [0.4, 0.5) is 5.69 Å². The Morgan fingerprint density at radius 1 is 1.11 bits per heavy atom. The van der Waals surface area contributed by atoms with E-state index in [0.29, 0.717) is 22.2 Å². The van der Waals surface area contributed by atoms with E-state index in [1.807, 2.05) is 18.2 Å². The number of benzene rings is 2. The largest absolute Gasteiger partial charge is 0.455 e. The molecule has 0 spiro atoms. The minimum atomic E-state index is -0.661. The Kier molecular flexibility index (Phi) is 6.01. The molecule has 6 nitrogen and oxygen atoms in total. The predicted octanol–water partition coefficient (Wildman–Crippen LogP) is 4.63. The molecular weight excluding hydrogens is 413 g/mol. The van der Waals surface area contributed by atoms with Gasteiger partial charge in [0.15, 0.2) is 5.75 Å². The van der Waals surface area contributed by atoms with Crippen molar-refractivity contribution in [3.05, 3.63) is 80.1 Å². The number of carbonyl (C=O) groups is 1. The second-order valence-electron chi connectivity index (χ2n) is 5.37. The number of anilines is 1. The van der Waals surface area contributed by atoms with E-state index < -0.39 is 11.5 Å². The molecule has 138 valence electrons. The molecule has 0 aliphatic heterocycles. The molecule has 3 rings (SSSR count). The molecule has 1 N–H and O–H groups in total. The molecule has 3 aromatic rings. The third-order valence-corrected chi connectivity index (χ3v) is 4.41. The number of nitrogens with one attached hydrogen (secondary N) is 1. The van der Waals surface area contributed by atoms with E-state index in [1.54, 1.807) is 30.3 Å². The van der Waals surface area contributed by atoms with Gasteiger partial charge in [-0.1, -0.05) is 53.0 Å². The van der Waals surface area contributed by atoms with Crippen LogP contribution < -0.4 is 15.6 Å². The molecule has 1 heterocycles. The Balaban J connectivity index is 1.80. The van der Waals surface area contributed by atoms with E-state index in [-0.39, 0.29) is 16.6 Å². The average molecular weight is 425 g/mol. The Hall–Kier alpha value is -2.54. The highest BCUT2D eigenvalue weighted by Gasteiger charge is 2.14. The number of rotatable bonds is 5. The Bertz CT molecular complexity index is 1040. The summed E-state index contributed by atoms with van der Waals surface area (Å²) in [4.78, 5) is 24.4. The molecule has 1 aromatic heterocycles. The first kappa shape index (κ1) is 19.2. The Morgan fingerprint density at radius 2 is 1.85 bits per heavy atom. The van der Waals surface area contributed by atoms with Crippen molar-refractivity contribution in [1.29, 1.82) is 0 Å². The molecule has 0 saturated heterocycles. The normalized spacial score (nSPS) is 10.5. The van der Waals surface area contributed by atoms with E-state index in [9.17, 15) is 9.59 Å². The lowest BCUT2D eigenvalue weighted by molar-refractivity contribution is -0.117. The van der Waals surface area contributed by atoms with Gasteiger partial charge in [0, 0.05) is 5.02 Å². The minimum absolute atomic E-state index is 0.0201. The lowest BCUT2D eigenvalue weighted by Crippen LogP contribution is -2.29. The van der Waals surface area contributed by atoms with Crippen molar-refractivity contribution in [2.24, 2.45) is 0 Å². The quantitative estimate of drug-likeness (QED) is 0.648. The SMILES string of the molecule is O=C(Cn1ncc(Cl)c(Cl)c1=O)Nc1cc(Cl)ccc1Oc1ccccc1. The fourth-order valence-electron chi connectivity index (χ4n) is 2.19. The van der Waals surface area contributed by atoms with Gasteiger partial charge in [0.05, 0.1) is 16.9 Å². The molecule has 2 aromatic carbocycles. The van der Waals surface area contributed by atoms with Crippen LogP contribution in [0.5, 0.6) is 11.5 Å². The van der Waals surface area contributed by atoms with Crippen LogP contribution >= 0.6 is 34.8 Å². The summed E-state index contributed by atoms with van der Waals surface area (Å²) >= 11 is 17.5. The first-order valence-corrected chi connectivity index (χ1v) is 8.81. The van der Waals surface area contributed by atoms with Gasteiger partial charge in [0.25, 0.3) is 5.56 Å². The molecule has 1 amide bonds. The van der Waals surface area contributed by atoms with Crippen molar-refractivity contribution in [3.63, 3.8) is 0 Å². The maximum absolute atomic E-state index is 12.4. The summed E-state index contributed by atoms with van der Waals surface area (Å²) in [6.45, 7) is -0.354. The average Bonchev–Trinajstić information content (AvgIpc) is 2.65. The van der Waals surface area contributed by atoms with Crippen LogP contribution in [0.3, 0.4) is 0 Å². The van der Waals surface area contributed by atoms with Gasteiger partial charge >= 0.3 is 0 Å². The van der Waals surface area contributed by atoms with Crippen LogP contribution in [0.2, 0.25) is 15.1 Å². The topological polar surface area (TPSA) is 73.2 Å². The van der Waals surface area contributed by atoms with Crippen molar-refractivity contribution >= 4 is 46.4 Å². The van der Waals surface area contributed by atoms with E-state index in [2.05, 4.69) is 10.4 Å². The monoisotopic (exact) mass is 423 g/mol. The number of hydrogen-bond donors (Lipinski definition) is 1. The molecule has 0 aliphatic rings. The van der Waals surface area contributed by atoms with E-state index >= 15 is 0 Å². The summed E-state index contributed by atoms with van der Waals surface area (Å²) in [7, 11) is 0. The van der Waals surface area contributed by atoms with Gasteiger partial charge in [0.1, 0.15) is 17.3 Å². The summed E-state index contributed by atoms with van der Waals surface area (Å²) in [5, 5.41) is 6.69. The Morgan fingerprint density at radius 3 is 2.59 bits per heavy atom. The molecular formula is C18H12Cl3N3O3. The number of nitrogens with zero attached hydrogens (tertiary/aromatic N) is 2. The summed E-state index contributed by atoms with van der Waals surface area (Å²) < 4.78 is 6.69. The lowest BCUT2D eigenvalue weighted by atomic mass is 10.2. The van der Waals surface area contributed by atoms with Crippen LogP contribution in [0.1, 0.15) is 0 Å². The summed E-state index contributed by atoms with van der Waals surface area (Å²) in [5.41, 5.74) is -0.310. The van der Waals surface area contributed by atoms with Gasteiger partial charge in [-0.25, -0.2) is 4.68 Å². The number of hydrogen-bond acceptors (Lipinski definition) is 4. The van der Waals surface area contributed by atoms with Crippen LogP contribution in [0, 0.1) is 0 Å². The number of halogens is 3. The summed E-state index contributed by atoms with van der Waals surface area (Å²) in [6, 6.07) is 13.9. The van der Waals surface area contributed by atoms with Crippen molar-refractivity contribution in [1.82, 2.24) is 9.78 Å². The summed E-state index contributed by atoms with van der Waals surface area (Å²) in [5.74, 6) is 0.481. The van der Waals surface area contributed by atoms with E-state index in [0.717, 1.165) is 4.68 Å². The smallest absolute Gasteiger partial charge is 0.287 e. The second kappa shape index (κ2) is 8.43. The zero-order valence-electron chi connectivity index (χ0n) is 13.7. The minimum Gasteiger partial charge on any atom is -0.455 e. The van der Waals surface area contributed by atoms with Crippen LogP contribution in [-0.4, -0.2) is 15.7 Å². The van der Waals surface area contributed by atoms with Gasteiger partial charge in [-0.3, -0.25) is 9.59 Å². The molecule has 27 heavy (non-hydrogen) atoms. The van der Waals surface area contributed by atoms with Crippen molar-refractivity contribution < 1.29 is 9.53 Å². The maximum Gasteiger partial charge on any atom is 0.287 e. The number of ether oxygens (including phenoxy) is 1. The second-order valence-corrected chi connectivity index (χ2v) is 6.59. The van der Waals surface area contributed by atoms with Crippen LogP contribution in [0.15, 0.2) is 59.5 Å². The highest BCUT2D eigenvalue weighted by atomic mass is 35.5. The lowest BCUT2D eigenvalue weighted by Gasteiger charge is -2.13. The first-order valence-electron chi connectivity index (χ1n) is 7.67. The Labute approximate surface area is 169 Å². The van der Waals surface area contributed by atoms with Crippen molar-refractivity contribution in [2.45, 2.75) is 6.54 Å². The van der Waals surface area contributed by atoms with Crippen LogP contribution in [0.25, 0.3) is 0 Å². The molecule has 9 heteroatoms. The van der Waals surface area contributed by atoms with Gasteiger partial charge < -0.3 is 10.1 Å². The van der Waals surface area contributed by atoms with Gasteiger partial charge in [-0.2, -0.15) is 5.10 Å². The fourth-order valence-corrected chi connectivity index (χ4v) is 2.63. The van der Waals surface area contributed by atoms with Crippen molar-refractivity contribution in [2.75, 3.05) is 5.32 Å². The highest BCUT2D eigenvalue weighted by molar-refractivity contribution is 6.41. The van der Waals surface area contributed by atoms with Crippen molar-refractivity contribution in [3.8, 4) is 11.5 Å². The van der Waals surface area contributed by atoms with Gasteiger partial charge in [0.2, 0.25) is 5.91 Å². The number of carbonyl (C=O) groups excluding carboxylic acids is 1. The molecule has 0 atom stereocenters. The molecule has 0 unspecified atom stereocenters. The van der Waals surface area contributed by atoms with E-state index in [1.165, 1.54) is 6.20 Å². The third kappa shape index (κ3) is 4.80. The zero-order valence-corrected chi connectivity index (χ0v) is 15.9. The fraction of sp³-hybridized carbons (Fsp3) is 0.0556. The molecule has 0 radical (unpaired) electrons. The molecule has 0 fully saturated rings. The maximum atomic E-state index is 12.4. The molecule has 0 bridgehead atoms. The van der Waals surface area contributed by atoms with Crippen LogP contribution in [-0.2, 0) is 11.3 Å². The number of amides is 1. The van der Waals surface area contributed by atoms with E-state index in [4.69, 9.17) is 39.5 Å². The predicted molar refractivity (Wildman–Crippen MR) is 105 cm³/mol. The molecule has 0 aliphatic carbocycles. The number of aromatic nitrogens is 2. The first-order chi connectivity index (χ1) is 12.9.